The minimum atomic E-state index is -0.161. The van der Waals surface area contributed by atoms with Gasteiger partial charge in [0.25, 0.3) is 5.56 Å². The van der Waals surface area contributed by atoms with Crippen LogP contribution < -0.4 is 10.9 Å². The molecule has 1 aromatic heterocycles. The SMILES string of the molecule is Cn1ccnc(NCc2ccc(C#N)cc2)c1=O. The molecule has 0 aliphatic rings. The maximum atomic E-state index is 11.7. The molecule has 0 unspecified atom stereocenters. The molecule has 2 aromatic rings. The van der Waals surface area contributed by atoms with Gasteiger partial charge in [0.05, 0.1) is 11.6 Å². The van der Waals surface area contributed by atoms with Crippen LogP contribution in [0.4, 0.5) is 5.82 Å². The van der Waals surface area contributed by atoms with Crippen molar-refractivity contribution in [2.45, 2.75) is 6.54 Å². The lowest BCUT2D eigenvalue weighted by Crippen LogP contribution is -2.21. The van der Waals surface area contributed by atoms with Crippen molar-refractivity contribution in [3.05, 3.63) is 58.1 Å². The second-order valence-corrected chi connectivity index (χ2v) is 3.85. The van der Waals surface area contributed by atoms with E-state index in [9.17, 15) is 4.79 Å². The number of benzene rings is 1. The molecular weight excluding hydrogens is 228 g/mol. The molecule has 18 heavy (non-hydrogen) atoms. The molecule has 0 atom stereocenters. The Balaban J connectivity index is 2.09. The second kappa shape index (κ2) is 5.15. The Morgan fingerprint density at radius 3 is 2.78 bits per heavy atom. The van der Waals surface area contributed by atoms with Gasteiger partial charge in [-0.15, -0.1) is 0 Å². The highest BCUT2D eigenvalue weighted by molar-refractivity contribution is 5.35. The molecule has 2 rings (SSSR count). The lowest BCUT2D eigenvalue weighted by Gasteiger charge is -2.06. The quantitative estimate of drug-likeness (QED) is 0.876. The van der Waals surface area contributed by atoms with E-state index >= 15 is 0 Å². The summed E-state index contributed by atoms with van der Waals surface area (Å²) in [6.07, 6.45) is 3.18. The number of nitrogens with one attached hydrogen (secondary N) is 1. The highest BCUT2D eigenvalue weighted by Gasteiger charge is 2.01. The minimum absolute atomic E-state index is 0.161. The predicted octanol–water partition coefficient (Wildman–Crippen LogP) is 1.26. The fourth-order valence-electron chi connectivity index (χ4n) is 1.50. The first-order valence-corrected chi connectivity index (χ1v) is 5.45. The zero-order chi connectivity index (χ0) is 13.0. The van der Waals surface area contributed by atoms with E-state index in [4.69, 9.17) is 5.26 Å². The van der Waals surface area contributed by atoms with Crippen molar-refractivity contribution in [1.29, 1.82) is 5.26 Å². The van der Waals surface area contributed by atoms with Gasteiger partial charge >= 0.3 is 0 Å². The van der Waals surface area contributed by atoms with Crippen LogP contribution in [-0.2, 0) is 13.6 Å². The molecule has 5 heteroatoms. The van der Waals surface area contributed by atoms with Gasteiger partial charge in [0.15, 0.2) is 5.82 Å². The van der Waals surface area contributed by atoms with E-state index < -0.39 is 0 Å². The van der Waals surface area contributed by atoms with Crippen LogP contribution in [0, 0.1) is 11.3 Å². The van der Waals surface area contributed by atoms with Crippen molar-refractivity contribution in [3.63, 3.8) is 0 Å². The molecule has 0 aliphatic heterocycles. The van der Waals surface area contributed by atoms with Crippen LogP contribution in [0.5, 0.6) is 0 Å². The van der Waals surface area contributed by atoms with E-state index in [-0.39, 0.29) is 5.56 Å². The van der Waals surface area contributed by atoms with Crippen molar-refractivity contribution in [1.82, 2.24) is 9.55 Å². The van der Waals surface area contributed by atoms with Gasteiger partial charge in [0.2, 0.25) is 0 Å². The van der Waals surface area contributed by atoms with Crippen molar-refractivity contribution in [2.24, 2.45) is 7.05 Å². The van der Waals surface area contributed by atoms with Crippen LogP contribution in [0.15, 0.2) is 41.5 Å². The van der Waals surface area contributed by atoms with Gasteiger partial charge in [-0.3, -0.25) is 4.79 Å². The number of nitriles is 1. The minimum Gasteiger partial charge on any atom is -0.361 e. The van der Waals surface area contributed by atoms with Crippen LogP contribution in [0.25, 0.3) is 0 Å². The Hall–Kier alpha value is -2.61. The van der Waals surface area contributed by atoms with Crippen LogP contribution in [0.3, 0.4) is 0 Å². The average Bonchev–Trinajstić information content (AvgIpc) is 2.41. The van der Waals surface area contributed by atoms with Gasteiger partial charge < -0.3 is 9.88 Å². The number of aromatic nitrogens is 2. The summed E-state index contributed by atoms with van der Waals surface area (Å²) in [7, 11) is 1.68. The van der Waals surface area contributed by atoms with E-state index in [1.54, 1.807) is 31.6 Å². The van der Waals surface area contributed by atoms with Crippen LogP contribution in [0.1, 0.15) is 11.1 Å². The second-order valence-electron chi connectivity index (χ2n) is 3.85. The fourth-order valence-corrected chi connectivity index (χ4v) is 1.50. The zero-order valence-electron chi connectivity index (χ0n) is 9.92. The third kappa shape index (κ3) is 2.55. The number of rotatable bonds is 3. The first kappa shape index (κ1) is 11.9. The summed E-state index contributed by atoms with van der Waals surface area (Å²) in [5.74, 6) is 0.323. The van der Waals surface area contributed by atoms with E-state index in [0.29, 0.717) is 17.9 Å². The monoisotopic (exact) mass is 240 g/mol. The highest BCUT2D eigenvalue weighted by atomic mass is 16.1. The molecule has 0 radical (unpaired) electrons. The maximum Gasteiger partial charge on any atom is 0.293 e. The molecule has 1 aromatic carbocycles. The molecule has 0 saturated carbocycles. The standard InChI is InChI=1S/C13H12N4O/c1-17-7-6-15-12(13(17)18)16-9-11-4-2-10(8-14)3-5-11/h2-7H,9H2,1H3,(H,15,16). The number of hydrogen-bond acceptors (Lipinski definition) is 4. The molecule has 0 aliphatic carbocycles. The van der Waals surface area contributed by atoms with Crippen molar-refractivity contribution < 1.29 is 0 Å². The van der Waals surface area contributed by atoms with Gasteiger partial charge in [-0.1, -0.05) is 12.1 Å². The average molecular weight is 240 g/mol. The Bertz CT molecular complexity index is 637. The summed E-state index contributed by atoms with van der Waals surface area (Å²) in [6, 6.07) is 9.24. The Kier molecular flexibility index (Phi) is 3.39. The van der Waals surface area contributed by atoms with E-state index in [2.05, 4.69) is 16.4 Å². The summed E-state index contributed by atoms with van der Waals surface area (Å²) >= 11 is 0. The Morgan fingerprint density at radius 1 is 1.39 bits per heavy atom. The van der Waals surface area contributed by atoms with E-state index in [1.165, 1.54) is 4.57 Å². The third-order valence-electron chi connectivity index (χ3n) is 2.56. The molecule has 1 N–H and O–H groups in total. The molecule has 0 fully saturated rings. The van der Waals surface area contributed by atoms with Gasteiger partial charge in [-0.25, -0.2) is 4.98 Å². The smallest absolute Gasteiger partial charge is 0.293 e. The first-order valence-electron chi connectivity index (χ1n) is 5.45. The highest BCUT2D eigenvalue weighted by Crippen LogP contribution is 2.05. The molecule has 0 bridgehead atoms. The van der Waals surface area contributed by atoms with Crippen molar-refractivity contribution in [3.8, 4) is 6.07 Å². The first-order chi connectivity index (χ1) is 8.70. The van der Waals surface area contributed by atoms with E-state index in [1.807, 2.05) is 12.1 Å². The summed E-state index contributed by atoms with van der Waals surface area (Å²) in [6.45, 7) is 0.498. The van der Waals surface area contributed by atoms with Crippen molar-refractivity contribution in [2.75, 3.05) is 5.32 Å². The number of anilines is 1. The van der Waals surface area contributed by atoms with Crippen LogP contribution in [0.2, 0.25) is 0 Å². The third-order valence-corrected chi connectivity index (χ3v) is 2.56. The molecule has 0 spiro atoms. The summed E-state index contributed by atoms with van der Waals surface area (Å²) < 4.78 is 1.47. The van der Waals surface area contributed by atoms with Gasteiger partial charge in [0.1, 0.15) is 0 Å². The maximum absolute atomic E-state index is 11.7. The van der Waals surface area contributed by atoms with Gasteiger partial charge in [-0.05, 0) is 17.7 Å². The molecule has 90 valence electrons. The molecule has 1 heterocycles. The number of aryl methyl sites for hydroxylation is 1. The zero-order valence-corrected chi connectivity index (χ0v) is 9.92. The predicted molar refractivity (Wildman–Crippen MR) is 68.0 cm³/mol. The summed E-state index contributed by atoms with van der Waals surface area (Å²) in [5.41, 5.74) is 1.44. The Morgan fingerprint density at radius 2 is 2.11 bits per heavy atom. The van der Waals surface area contributed by atoms with Crippen molar-refractivity contribution >= 4 is 5.82 Å². The van der Waals surface area contributed by atoms with Crippen LogP contribution in [-0.4, -0.2) is 9.55 Å². The number of nitrogens with zero attached hydrogens (tertiary/aromatic N) is 3. The number of hydrogen-bond donors (Lipinski definition) is 1. The topological polar surface area (TPSA) is 70.7 Å². The van der Waals surface area contributed by atoms with Crippen LogP contribution >= 0.6 is 0 Å². The lowest BCUT2D eigenvalue weighted by molar-refractivity contribution is 0.839. The molecule has 0 saturated heterocycles. The lowest BCUT2D eigenvalue weighted by atomic mass is 10.1. The van der Waals surface area contributed by atoms with E-state index in [0.717, 1.165) is 5.56 Å². The van der Waals surface area contributed by atoms with Gasteiger partial charge in [-0.2, -0.15) is 5.26 Å². The van der Waals surface area contributed by atoms with Gasteiger partial charge in [0, 0.05) is 26.0 Å². The summed E-state index contributed by atoms with van der Waals surface area (Å²) in [4.78, 5) is 15.7. The molecule has 5 nitrogen and oxygen atoms in total. The summed E-state index contributed by atoms with van der Waals surface area (Å²) in [5, 5.41) is 11.7. The fraction of sp³-hybridized carbons (Fsp3) is 0.154. The molecular formula is C13H12N4O. The largest absolute Gasteiger partial charge is 0.361 e. The Labute approximate surface area is 104 Å². The normalized spacial score (nSPS) is 9.78. The molecule has 0 amide bonds.